The molecule has 1 N–H and O–H groups in total. The highest BCUT2D eigenvalue weighted by Gasteiger charge is 2.27. The standard InChI is InChI=1S/C19H18ClN3O5S/c1-12-9-15(27-3)18(28-14-6-4-5-13(10-14)26-2)17(20)19(12)29(24,25)23-16-7-8-21-11-22-16/h4-11H,1-3H3,(H,21,22,23). The quantitative estimate of drug-likeness (QED) is 0.597. The first-order chi connectivity index (χ1) is 13.9. The number of benzene rings is 2. The van der Waals surface area contributed by atoms with Crippen molar-refractivity contribution < 1.29 is 22.6 Å². The molecule has 3 aromatic rings. The molecule has 0 saturated heterocycles. The number of nitrogens with zero attached hydrogens (tertiary/aromatic N) is 2. The van der Waals surface area contributed by atoms with E-state index in [0.717, 1.165) is 0 Å². The van der Waals surface area contributed by atoms with Crippen molar-refractivity contribution in [2.75, 3.05) is 18.9 Å². The van der Waals surface area contributed by atoms with Crippen molar-refractivity contribution in [3.63, 3.8) is 0 Å². The molecule has 1 heterocycles. The molecule has 152 valence electrons. The van der Waals surface area contributed by atoms with Crippen molar-refractivity contribution in [1.29, 1.82) is 0 Å². The zero-order chi connectivity index (χ0) is 21.0. The Morgan fingerprint density at radius 3 is 2.48 bits per heavy atom. The number of aromatic nitrogens is 2. The van der Waals surface area contributed by atoms with Gasteiger partial charge in [-0.2, -0.15) is 0 Å². The summed E-state index contributed by atoms with van der Waals surface area (Å²) in [6, 6.07) is 9.78. The van der Waals surface area contributed by atoms with E-state index in [9.17, 15) is 8.42 Å². The zero-order valence-electron chi connectivity index (χ0n) is 15.8. The molecule has 29 heavy (non-hydrogen) atoms. The molecule has 0 aliphatic rings. The van der Waals surface area contributed by atoms with Crippen molar-refractivity contribution in [1.82, 2.24) is 9.97 Å². The van der Waals surface area contributed by atoms with Gasteiger partial charge in [-0.1, -0.05) is 17.7 Å². The smallest absolute Gasteiger partial charge is 0.264 e. The van der Waals surface area contributed by atoms with Crippen LogP contribution in [0.1, 0.15) is 5.56 Å². The van der Waals surface area contributed by atoms with Crippen LogP contribution in [0, 0.1) is 6.92 Å². The Morgan fingerprint density at radius 2 is 1.83 bits per heavy atom. The monoisotopic (exact) mass is 435 g/mol. The fraction of sp³-hybridized carbons (Fsp3) is 0.158. The van der Waals surface area contributed by atoms with Gasteiger partial charge in [-0.25, -0.2) is 18.4 Å². The average Bonchev–Trinajstić information content (AvgIpc) is 2.70. The Bertz CT molecular complexity index is 1120. The van der Waals surface area contributed by atoms with Gasteiger partial charge in [-0.3, -0.25) is 4.72 Å². The Hall–Kier alpha value is -3.04. The second kappa shape index (κ2) is 8.54. The molecule has 0 fully saturated rings. The van der Waals surface area contributed by atoms with Crippen LogP contribution in [0.25, 0.3) is 0 Å². The molecule has 8 nitrogen and oxygen atoms in total. The molecule has 0 unspecified atom stereocenters. The van der Waals surface area contributed by atoms with Crippen LogP contribution in [0.3, 0.4) is 0 Å². The number of sulfonamides is 1. The molecule has 2 aromatic carbocycles. The van der Waals surface area contributed by atoms with Gasteiger partial charge in [0, 0.05) is 12.3 Å². The number of nitrogens with one attached hydrogen (secondary N) is 1. The van der Waals surface area contributed by atoms with Crippen LogP contribution in [-0.4, -0.2) is 32.6 Å². The summed E-state index contributed by atoms with van der Waals surface area (Å²) in [5.74, 6) is 1.44. The molecule has 0 radical (unpaired) electrons. The molecule has 0 bridgehead atoms. The van der Waals surface area contributed by atoms with Crippen LogP contribution < -0.4 is 18.9 Å². The topological polar surface area (TPSA) is 99.6 Å². The molecule has 0 amide bonds. The lowest BCUT2D eigenvalue weighted by Gasteiger charge is -2.18. The molecule has 0 aliphatic carbocycles. The van der Waals surface area contributed by atoms with Crippen LogP contribution in [0.5, 0.6) is 23.0 Å². The molecular formula is C19H18ClN3O5S. The lowest BCUT2D eigenvalue weighted by atomic mass is 10.2. The highest BCUT2D eigenvalue weighted by Crippen LogP contribution is 2.44. The maximum atomic E-state index is 13.0. The Kier molecular flexibility index (Phi) is 6.09. The molecule has 0 spiro atoms. The van der Waals surface area contributed by atoms with Crippen molar-refractivity contribution in [3.05, 3.63) is 59.5 Å². The summed E-state index contributed by atoms with van der Waals surface area (Å²) in [6.07, 6.45) is 2.66. The lowest BCUT2D eigenvalue weighted by molar-refractivity contribution is 0.374. The van der Waals surface area contributed by atoms with E-state index < -0.39 is 10.0 Å². The van der Waals surface area contributed by atoms with E-state index >= 15 is 0 Å². The van der Waals surface area contributed by atoms with E-state index in [2.05, 4.69) is 14.7 Å². The first-order valence-corrected chi connectivity index (χ1v) is 10.2. The summed E-state index contributed by atoms with van der Waals surface area (Å²) in [5.41, 5.74) is 0.381. The van der Waals surface area contributed by atoms with Crippen molar-refractivity contribution >= 4 is 27.4 Å². The van der Waals surface area contributed by atoms with Gasteiger partial charge in [0.1, 0.15) is 33.6 Å². The minimum absolute atomic E-state index is 0.0658. The second-order valence-corrected chi connectivity index (χ2v) is 7.85. The maximum absolute atomic E-state index is 13.0. The summed E-state index contributed by atoms with van der Waals surface area (Å²) in [5, 5.41) is -0.119. The largest absolute Gasteiger partial charge is 0.497 e. The third-order valence-corrected chi connectivity index (χ3v) is 5.91. The third kappa shape index (κ3) is 4.52. The van der Waals surface area contributed by atoms with Crippen molar-refractivity contribution in [2.45, 2.75) is 11.8 Å². The third-order valence-electron chi connectivity index (χ3n) is 3.90. The summed E-state index contributed by atoms with van der Waals surface area (Å²) in [4.78, 5) is 7.50. The Morgan fingerprint density at radius 1 is 1.07 bits per heavy atom. The van der Waals surface area contributed by atoms with E-state index in [1.54, 1.807) is 31.2 Å². The van der Waals surface area contributed by atoms with Gasteiger partial charge < -0.3 is 14.2 Å². The summed E-state index contributed by atoms with van der Waals surface area (Å²) in [6.45, 7) is 1.61. The number of halogens is 1. The fourth-order valence-corrected chi connectivity index (χ4v) is 4.51. The highest BCUT2D eigenvalue weighted by atomic mass is 35.5. The number of rotatable bonds is 7. The normalized spacial score (nSPS) is 11.0. The van der Waals surface area contributed by atoms with E-state index in [4.69, 9.17) is 25.8 Å². The minimum atomic E-state index is -4.06. The zero-order valence-corrected chi connectivity index (χ0v) is 17.4. The summed E-state index contributed by atoms with van der Waals surface area (Å²) >= 11 is 6.48. The highest BCUT2D eigenvalue weighted by molar-refractivity contribution is 7.92. The predicted octanol–water partition coefficient (Wildman–Crippen LogP) is 4.05. The maximum Gasteiger partial charge on any atom is 0.264 e. The number of hydrogen-bond donors (Lipinski definition) is 1. The molecule has 10 heteroatoms. The average molecular weight is 436 g/mol. The van der Waals surface area contributed by atoms with Crippen LogP contribution in [0.2, 0.25) is 5.02 Å². The molecule has 0 saturated carbocycles. The number of anilines is 1. The van der Waals surface area contributed by atoms with E-state index in [0.29, 0.717) is 17.1 Å². The van der Waals surface area contributed by atoms with E-state index in [1.807, 2.05) is 0 Å². The van der Waals surface area contributed by atoms with Gasteiger partial charge in [-0.15, -0.1) is 0 Å². The van der Waals surface area contributed by atoms with Crippen LogP contribution in [-0.2, 0) is 10.0 Å². The van der Waals surface area contributed by atoms with Gasteiger partial charge in [-0.05, 0) is 36.8 Å². The lowest BCUT2D eigenvalue weighted by Crippen LogP contribution is -2.16. The summed E-state index contributed by atoms with van der Waals surface area (Å²) < 4.78 is 44.7. The van der Waals surface area contributed by atoms with Gasteiger partial charge in [0.2, 0.25) is 0 Å². The van der Waals surface area contributed by atoms with Crippen molar-refractivity contribution in [2.24, 2.45) is 0 Å². The molecule has 1 aromatic heterocycles. The molecular weight excluding hydrogens is 418 g/mol. The van der Waals surface area contributed by atoms with E-state index in [-0.39, 0.29) is 27.2 Å². The molecule has 0 aliphatic heterocycles. The Labute approximate surface area is 173 Å². The molecule has 0 atom stereocenters. The van der Waals surface area contributed by atoms with Gasteiger partial charge in [0.15, 0.2) is 11.5 Å². The van der Waals surface area contributed by atoms with Crippen LogP contribution in [0.4, 0.5) is 5.82 Å². The predicted molar refractivity (Wildman–Crippen MR) is 109 cm³/mol. The minimum Gasteiger partial charge on any atom is -0.497 e. The number of hydrogen-bond acceptors (Lipinski definition) is 7. The van der Waals surface area contributed by atoms with Gasteiger partial charge in [0.05, 0.1) is 14.2 Å². The van der Waals surface area contributed by atoms with Crippen LogP contribution in [0.15, 0.2) is 53.8 Å². The second-order valence-electron chi connectivity index (χ2n) is 5.85. The SMILES string of the molecule is COc1cccc(Oc2c(OC)cc(C)c(S(=O)(=O)Nc3ccncn3)c2Cl)c1. The number of ether oxygens (including phenoxy) is 3. The van der Waals surface area contributed by atoms with Gasteiger partial charge in [0.25, 0.3) is 10.0 Å². The first-order valence-electron chi connectivity index (χ1n) is 8.33. The van der Waals surface area contributed by atoms with Gasteiger partial charge >= 0.3 is 0 Å². The molecule has 3 rings (SSSR count). The Balaban J connectivity index is 2.08. The number of aryl methyl sites for hydroxylation is 1. The number of methoxy groups -OCH3 is 2. The van der Waals surface area contributed by atoms with E-state index in [1.165, 1.54) is 38.9 Å². The van der Waals surface area contributed by atoms with Crippen LogP contribution >= 0.6 is 11.6 Å². The fourth-order valence-electron chi connectivity index (χ4n) is 2.61. The van der Waals surface area contributed by atoms with Crippen molar-refractivity contribution in [3.8, 4) is 23.0 Å². The first kappa shape index (κ1) is 20.7. The summed E-state index contributed by atoms with van der Waals surface area (Å²) in [7, 11) is -1.09.